The summed E-state index contributed by atoms with van der Waals surface area (Å²) in [6.45, 7) is 8.03. The van der Waals surface area contributed by atoms with Gasteiger partial charge in [-0.1, -0.05) is 50.0 Å². The lowest BCUT2D eigenvalue weighted by molar-refractivity contribution is 0.176. The van der Waals surface area contributed by atoms with Crippen molar-refractivity contribution in [3.63, 3.8) is 0 Å². The summed E-state index contributed by atoms with van der Waals surface area (Å²) in [5.41, 5.74) is 1.28. The van der Waals surface area contributed by atoms with E-state index < -0.39 is 0 Å². The molecule has 21 heavy (non-hydrogen) atoms. The molecule has 1 aromatic rings. The minimum absolute atomic E-state index is 0.393. The van der Waals surface area contributed by atoms with E-state index in [1.54, 1.807) is 0 Å². The maximum absolute atomic E-state index is 6.23. The Morgan fingerprint density at radius 2 is 1.76 bits per heavy atom. The molecule has 3 unspecified atom stereocenters. The zero-order valence-corrected chi connectivity index (χ0v) is 14.8. The van der Waals surface area contributed by atoms with Crippen LogP contribution in [0.3, 0.4) is 0 Å². The van der Waals surface area contributed by atoms with E-state index in [2.05, 4.69) is 32.2 Å². The molecular formula is C18H27Cl2N. The van der Waals surface area contributed by atoms with Gasteiger partial charge in [-0.25, -0.2) is 0 Å². The molecule has 1 fully saturated rings. The van der Waals surface area contributed by atoms with Crippen LogP contribution in [-0.4, -0.2) is 6.54 Å². The molecule has 0 amide bonds. The first-order valence-corrected chi connectivity index (χ1v) is 8.95. The van der Waals surface area contributed by atoms with Gasteiger partial charge in [0.1, 0.15) is 0 Å². The normalized spacial score (nSPS) is 27.6. The molecule has 3 atom stereocenters. The molecule has 1 saturated carbocycles. The maximum atomic E-state index is 6.23. The van der Waals surface area contributed by atoms with Gasteiger partial charge in [-0.15, -0.1) is 0 Å². The zero-order chi connectivity index (χ0) is 15.4. The van der Waals surface area contributed by atoms with E-state index in [-0.39, 0.29) is 0 Å². The molecule has 118 valence electrons. The van der Waals surface area contributed by atoms with Crippen molar-refractivity contribution < 1.29 is 0 Å². The summed E-state index contributed by atoms with van der Waals surface area (Å²) in [6.07, 6.45) is 5.10. The van der Waals surface area contributed by atoms with E-state index in [0.717, 1.165) is 24.8 Å². The third kappa shape index (κ3) is 4.61. The van der Waals surface area contributed by atoms with Crippen LogP contribution in [0.5, 0.6) is 0 Å². The van der Waals surface area contributed by atoms with E-state index in [4.69, 9.17) is 23.2 Å². The predicted octanol–water partition coefficient (Wildman–Crippen LogP) is 6.11. The fraction of sp³-hybridized carbons (Fsp3) is 0.667. The summed E-state index contributed by atoms with van der Waals surface area (Å²) in [4.78, 5) is 0. The molecule has 1 aliphatic rings. The Morgan fingerprint density at radius 1 is 1.10 bits per heavy atom. The topological polar surface area (TPSA) is 12.0 Å². The molecule has 0 saturated heterocycles. The minimum atomic E-state index is 0.393. The van der Waals surface area contributed by atoms with Crippen molar-refractivity contribution >= 4 is 23.2 Å². The van der Waals surface area contributed by atoms with E-state index in [0.29, 0.717) is 22.0 Å². The first-order valence-electron chi connectivity index (χ1n) is 8.19. The fourth-order valence-corrected chi connectivity index (χ4v) is 4.15. The van der Waals surface area contributed by atoms with Crippen molar-refractivity contribution in [2.75, 3.05) is 6.54 Å². The Balaban J connectivity index is 2.22. The van der Waals surface area contributed by atoms with E-state index in [1.165, 1.54) is 24.8 Å². The molecule has 1 aliphatic carbocycles. The maximum Gasteiger partial charge on any atom is 0.0595 e. The van der Waals surface area contributed by atoms with Gasteiger partial charge in [0, 0.05) is 6.04 Å². The minimum Gasteiger partial charge on any atom is -0.310 e. The lowest BCUT2D eigenvalue weighted by Gasteiger charge is -2.37. The average molecular weight is 328 g/mol. The van der Waals surface area contributed by atoms with Crippen LogP contribution in [0, 0.1) is 17.8 Å². The van der Waals surface area contributed by atoms with Gasteiger partial charge < -0.3 is 5.32 Å². The first kappa shape index (κ1) is 17.1. The third-order valence-corrected chi connectivity index (χ3v) is 5.34. The van der Waals surface area contributed by atoms with Gasteiger partial charge in [-0.2, -0.15) is 0 Å². The van der Waals surface area contributed by atoms with E-state index in [1.807, 2.05) is 12.1 Å². The molecule has 1 nitrogen and oxygen atoms in total. The fourth-order valence-electron chi connectivity index (χ4n) is 3.84. The van der Waals surface area contributed by atoms with Gasteiger partial charge in [0.2, 0.25) is 0 Å². The Bertz CT molecular complexity index is 451. The number of hydrogen-bond donors (Lipinski definition) is 1. The average Bonchev–Trinajstić information content (AvgIpc) is 2.42. The van der Waals surface area contributed by atoms with Gasteiger partial charge in [0.15, 0.2) is 0 Å². The van der Waals surface area contributed by atoms with Crippen LogP contribution >= 0.6 is 23.2 Å². The molecule has 2 rings (SSSR count). The standard InChI is InChI=1S/C18H27Cl2N/c1-4-7-21-18(14-5-6-16(19)17(20)11-14)15-9-12(2)8-13(3)10-15/h5-6,11-13,15,18,21H,4,7-10H2,1-3H3. The summed E-state index contributed by atoms with van der Waals surface area (Å²) in [5.74, 6) is 2.31. The van der Waals surface area contributed by atoms with Crippen molar-refractivity contribution in [1.82, 2.24) is 5.32 Å². The van der Waals surface area contributed by atoms with Crippen LogP contribution in [0.15, 0.2) is 18.2 Å². The SMILES string of the molecule is CCCNC(c1ccc(Cl)c(Cl)c1)C1CC(C)CC(C)C1. The Kier molecular flexibility index (Phi) is 6.40. The smallest absolute Gasteiger partial charge is 0.0595 e. The second-order valence-electron chi connectivity index (χ2n) is 6.78. The second-order valence-corrected chi connectivity index (χ2v) is 7.60. The third-order valence-electron chi connectivity index (χ3n) is 4.60. The lowest BCUT2D eigenvalue weighted by atomic mass is 9.72. The van der Waals surface area contributed by atoms with Gasteiger partial charge in [0.05, 0.1) is 10.0 Å². The summed E-state index contributed by atoms with van der Waals surface area (Å²) in [7, 11) is 0. The van der Waals surface area contributed by atoms with Crippen LogP contribution in [0.2, 0.25) is 10.0 Å². The quantitative estimate of drug-likeness (QED) is 0.688. The molecule has 0 aromatic heterocycles. The first-order chi connectivity index (χ1) is 10.0. The summed E-state index contributed by atoms with van der Waals surface area (Å²) < 4.78 is 0. The summed E-state index contributed by atoms with van der Waals surface area (Å²) >= 11 is 12.3. The van der Waals surface area contributed by atoms with E-state index >= 15 is 0 Å². The van der Waals surface area contributed by atoms with Crippen molar-refractivity contribution in [3.8, 4) is 0 Å². The van der Waals surface area contributed by atoms with Crippen LogP contribution < -0.4 is 5.32 Å². The van der Waals surface area contributed by atoms with Crippen molar-refractivity contribution in [2.24, 2.45) is 17.8 Å². The van der Waals surface area contributed by atoms with Crippen LogP contribution in [0.1, 0.15) is 58.1 Å². The highest BCUT2D eigenvalue weighted by Gasteiger charge is 2.30. The van der Waals surface area contributed by atoms with Crippen LogP contribution in [0.25, 0.3) is 0 Å². The monoisotopic (exact) mass is 327 g/mol. The number of hydrogen-bond acceptors (Lipinski definition) is 1. The highest BCUT2D eigenvalue weighted by molar-refractivity contribution is 6.42. The molecule has 0 spiro atoms. The molecule has 0 heterocycles. The van der Waals surface area contributed by atoms with Gasteiger partial charge in [-0.05, 0) is 67.7 Å². The molecule has 0 radical (unpaired) electrons. The van der Waals surface area contributed by atoms with Crippen LogP contribution in [-0.2, 0) is 0 Å². The number of benzene rings is 1. The van der Waals surface area contributed by atoms with Gasteiger partial charge >= 0.3 is 0 Å². The van der Waals surface area contributed by atoms with Crippen molar-refractivity contribution in [3.05, 3.63) is 33.8 Å². The highest BCUT2D eigenvalue weighted by Crippen LogP contribution is 2.40. The number of nitrogens with one attached hydrogen (secondary N) is 1. The number of rotatable bonds is 5. The molecule has 1 aromatic carbocycles. The molecule has 0 bridgehead atoms. The van der Waals surface area contributed by atoms with E-state index in [9.17, 15) is 0 Å². The molecule has 1 N–H and O–H groups in total. The molecule has 0 aliphatic heterocycles. The van der Waals surface area contributed by atoms with Gasteiger partial charge in [-0.3, -0.25) is 0 Å². The van der Waals surface area contributed by atoms with Crippen LogP contribution in [0.4, 0.5) is 0 Å². The predicted molar refractivity (Wildman–Crippen MR) is 93.2 cm³/mol. The largest absolute Gasteiger partial charge is 0.310 e. The summed E-state index contributed by atoms with van der Waals surface area (Å²) in [6, 6.07) is 6.49. The Labute approximate surface area is 139 Å². The Hall–Kier alpha value is -0.240. The molecular weight excluding hydrogens is 301 g/mol. The van der Waals surface area contributed by atoms with Crippen molar-refractivity contribution in [2.45, 2.75) is 52.5 Å². The van der Waals surface area contributed by atoms with Crippen molar-refractivity contribution in [1.29, 1.82) is 0 Å². The Morgan fingerprint density at radius 3 is 2.33 bits per heavy atom. The lowest BCUT2D eigenvalue weighted by Crippen LogP contribution is -2.33. The van der Waals surface area contributed by atoms with Gasteiger partial charge in [0.25, 0.3) is 0 Å². The number of halogens is 2. The highest BCUT2D eigenvalue weighted by atomic mass is 35.5. The molecule has 3 heteroatoms. The summed E-state index contributed by atoms with van der Waals surface area (Å²) in [5, 5.41) is 5.04. The zero-order valence-electron chi connectivity index (χ0n) is 13.3. The second kappa shape index (κ2) is 7.85.